The maximum absolute atomic E-state index is 5.87. The van der Waals surface area contributed by atoms with Crippen LogP contribution in [0.25, 0.3) is 21.3 Å². The van der Waals surface area contributed by atoms with Crippen LogP contribution in [0.3, 0.4) is 0 Å². The summed E-state index contributed by atoms with van der Waals surface area (Å²) < 4.78 is 1.11. The maximum atomic E-state index is 5.87. The first-order chi connectivity index (χ1) is 8.22. The fraction of sp³-hybridized carbons (Fsp3) is 0. The van der Waals surface area contributed by atoms with Gasteiger partial charge in [0.15, 0.2) is 5.13 Å². The number of aromatic nitrogens is 1. The van der Waals surface area contributed by atoms with Crippen LogP contribution in [-0.4, -0.2) is 4.98 Å². The van der Waals surface area contributed by atoms with E-state index in [4.69, 9.17) is 17.3 Å². The third-order valence-corrected chi connectivity index (χ3v) is 3.68. The molecular weight excluding hydrogens is 252 g/mol. The number of nitrogens with two attached hydrogens (primary N) is 1. The van der Waals surface area contributed by atoms with Crippen LogP contribution in [0.15, 0.2) is 42.5 Å². The Morgan fingerprint density at radius 1 is 1.00 bits per heavy atom. The van der Waals surface area contributed by atoms with Crippen LogP contribution >= 0.6 is 22.9 Å². The SMILES string of the molecule is Nc1nc2ccc(-c3ccc(Cl)cc3)cc2s1. The highest BCUT2D eigenvalue weighted by Gasteiger charge is 2.03. The normalized spacial score (nSPS) is 10.9. The molecule has 2 nitrogen and oxygen atoms in total. The summed E-state index contributed by atoms with van der Waals surface area (Å²) in [4.78, 5) is 4.24. The Labute approximate surface area is 108 Å². The Morgan fingerprint density at radius 3 is 2.47 bits per heavy atom. The van der Waals surface area contributed by atoms with Crippen molar-refractivity contribution in [1.82, 2.24) is 4.98 Å². The molecule has 1 aromatic heterocycles. The molecule has 0 amide bonds. The topological polar surface area (TPSA) is 38.9 Å². The molecule has 0 aliphatic rings. The molecule has 0 saturated heterocycles. The van der Waals surface area contributed by atoms with Gasteiger partial charge < -0.3 is 5.73 Å². The number of benzene rings is 2. The van der Waals surface area contributed by atoms with Gasteiger partial charge in [-0.15, -0.1) is 0 Å². The predicted molar refractivity (Wildman–Crippen MR) is 74.5 cm³/mol. The molecule has 2 aromatic carbocycles. The van der Waals surface area contributed by atoms with Gasteiger partial charge in [0.25, 0.3) is 0 Å². The second kappa shape index (κ2) is 4.02. The zero-order chi connectivity index (χ0) is 11.8. The van der Waals surface area contributed by atoms with Crippen LogP contribution in [-0.2, 0) is 0 Å². The van der Waals surface area contributed by atoms with Crippen LogP contribution in [0, 0.1) is 0 Å². The molecule has 0 saturated carbocycles. The number of nitrogen functional groups attached to an aromatic ring is 1. The van der Waals surface area contributed by atoms with E-state index < -0.39 is 0 Å². The highest BCUT2D eigenvalue weighted by atomic mass is 35.5. The molecule has 0 radical (unpaired) electrons. The number of rotatable bonds is 1. The van der Waals surface area contributed by atoms with Gasteiger partial charge in [-0.25, -0.2) is 4.98 Å². The van der Waals surface area contributed by atoms with Gasteiger partial charge >= 0.3 is 0 Å². The van der Waals surface area contributed by atoms with Gasteiger partial charge in [-0.2, -0.15) is 0 Å². The van der Waals surface area contributed by atoms with Crippen molar-refractivity contribution < 1.29 is 0 Å². The number of anilines is 1. The second-order valence-corrected chi connectivity index (χ2v) is 5.24. The first kappa shape index (κ1) is 10.6. The number of hydrogen-bond donors (Lipinski definition) is 1. The molecule has 0 bridgehead atoms. The number of halogens is 1. The minimum Gasteiger partial charge on any atom is -0.375 e. The zero-order valence-electron chi connectivity index (χ0n) is 8.85. The van der Waals surface area contributed by atoms with E-state index in [2.05, 4.69) is 11.1 Å². The summed E-state index contributed by atoms with van der Waals surface area (Å²) in [6, 6.07) is 13.9. The van der Waals surface area contributed by atoms with Crippen molar-refractivity contribution in [2.75, 3.05) is 5.73 Å². The molecule has 3 rings (SSSR count). The van der Waals surface area contributed by atoms with Crippen molar-refractivity contribution in [2.45, 2.75) is 0 Å². The number of fused-ring (bicyclic) bond motifs is 1. The van der Waals surface area contributed by atoms with Crippen LogP contribution < -0.4 is 5.73 Å². The van der Waals surface area contributed by atoms with Crippen molar-refractivity contribution in [3.8, 4) is 11.1 Å². The van der Waals surface area contributed by atoms with E-state index in [0.717, 1.165) is 26.4 Å². The summed E-state index contributed by atoms with van der Waals surface area (Å²) in [6.07, 6.45) is 0. The average molecular weight is 261 g/mol. The summed E-state index contributed by atoms with van der Waals surface area (Å²) in [5, 5.41) is 1.35. The van der Waals surface area contributed by atoms with Gasteiger partial charge in [0, 0.05) is 5.02 Å². The number of nitrogens with zero attached hydrogens (tertiary/aromatic N) is 1. The van der Waals surface area contributed by atoms with Crippen LogP contribution in [0.4, 0.5) is 5.13 Å². The predicted octanol–water partition coefficient (Wildman–Crippen LogP) is 4.20. The Balaban J connectivity index is 2.13. The third-order valence-electron chi connectivity index (χ3n) is 2.58. The van der Waals surface area contributed by atoms with Crippen molar-refractivity contribution >= 4 is 38.3 Å². The molecule has 0 atom stereocenters. The summed E-state index contributed by atoms with van der Waals surface area (Å²) in [5.74, 6) is 0. The lowest BCUT2D eigenvalue weighted by molar-refractivity contribution is 1.49. The number of thiazole rings is 1. The third kappa shape index (κ3) is 1.99. The van der Waals surface area contributed by atoms with Gasteiger partial charge in [-0.05, 0) is 35.4 Å². The molecule has 4 heteroatoms. The van der Waals surface area contributed by atoms with Crippen molar-refractivity contribution in [1.29, 1.82) is 0 Å². The fourth-order valence-corrected chi connectivity index (χ4v) is 2.66. The smallest absolute Gasteiger partial charge is 0.181 e. The van der Waals surface area contributed by atoms with Crippen LogP contribution in [0.1, 0.15) is 0 Å². The van der Waals surface area contributed by atoms with Gasteiger partial charge in [0.1, 0.15) is 0 Å². The first-order valence-electron chi connectivity index (χ1n) is 5.14. The molecular formula is C13H9ClN2S. The molecule has 3 aromatic rings. The highest BCUT2D eigenvalue weighted by molar-refractivity contribution is 7.22. The van der Waals surface area contributed by atoms with Crippen molar-refractivity contribution in [2.24, 2.45) is 0 Å². The van der Waals surface area contributed by atoms with Crippen molar-refractivity contribution in [3.05, 3.63) is 47.5 Å². The minimum absolute atomic E-state index is 0.605. The Bertz CT molecular complexity index is 673. The second-order valence-electron chi connectivity index (χ2n) is 3.74. The zero-order valence-corrected chi connectivity index (χ0v) is 10.4. The Kier molecular flexibility index (Phi) is 2.50. The van der Waals surface area contributed by atoms with E-state index in [1.807, 2.05) is 36.4 Å². The summed E-state index contributed by atoms with van der Waals surface area (Å²) in [7, 11) is 0. The van der Waals surface area contributed by atoms with Crippen LogP contribution in [0.5, 0.6) is 0 Å². The Morgan fingerprint density at radius 2 is 1.71 bits per heavy atom. The molecule has 0 aliphatic carbocycles. The standard InChI is InChI=1S/C13H9ClN2S/c14-10-4-1-8(2-5-10)9-3-6-11-12(7-9)17-13(15)16-11/h1-7H,(H2,15,16). The molecule has 2 N–H and O–H groups in total. The molecule has 0 fully saturated rings. The quantitative estimate of drug-likeness (QED) is 0.712. The van der Waals surface area contributed by atoms with Crippen LogP contribution in [0.2, 0.25) is 5.02 Å². The maximum Gasteiger partial charge on any atom is 0.181 e. The lowest BCUT2D eigenvalue weighted by Crippen LogP contribution is -1.79. The largest absolute Gasteiger partial charge is 0.375 e. The summed E-state index contributed by atoms with van der Waals surface area (Å²) >= 11 is 7.38. The van der Waals surface area contributed by atoms with Crippen molar-refractivity contribution in [3.63, 3.8) is 0 Å². The number of hydrogen-bond acceptors (Lipinski definition) is 3. The average Bonchev–Trinajstić information content (AvgIpc) is 2.69. The van der Waals surface area contributed by atoms with E-state index in [1.54, 1.807) is 0 Å². The molecule has 0 spiro atoms. The molecule has 17 heavy (non-hydrogen) atoms. The van der Waals surface area contributed by atoms with E-state index in [-0.39, 0.29) is 0 Å². The minimum atomic E-state index is 0.605. The molecule has 84 valence electrons. The monoisotopic (exact) mass is 260 g/mol. The highest BCUT2D eigenvalue weighted by Crippen LogP contribution is 2.29. The summed E-state index contributed by atoms with van der Waals surface area (Å²) in [6.45, 7) is 0. The van der Waals surface area contributed by atoms with E-state index in [9.17, 15) is 0 Å². The Hall–Kier alpha value is -1.58. The van der Waals surface area contributed by atoms with Gasteiger partial charge in [0.05, 0.1) is 10.2 Å². The van der Waals surface area contributed by atoms with Gasteiger partial charge in [-0.3, -0.25) is 0 Å². The van der Waals surface area contributed by atoms with E-state index in [1.165, 1.54) is 11.3 Å². The lowest BCUT2D eigenvalue weighted by atomic mass is 10.1. The molecule has 0 aliphatic heterocycles. The molecule has 0 unspecified atom stereocenters. The molecule has 1 heterocycles. The summed E-state index contributed by atoms with van der Waals surface area (Å²) in [5.41, 5.74) is 8.93. The fourth-order valence-electron chi connectivity index (χ4n) is 1.76. The van der Waals surface area contributed by atoms with Gasteiger partial charge in [0.2, 0.25) is 0 Å². The lowest BCUT2D eigenvalue weighted by Gasteiger charge is -2.01. The van der Waals surface area contributed by atoms with Gasteiger partial charge in [-0.1, -0.05) is 41.1 Å². The first-order valence-corrected chi connectivity index (χ1v) is 6.34. The van der Waals surface area contributed by atoms with E-state index >= 15 is 0 Å². The van der Waals surface area contributed by atoms with E-state index in [0.29, 0.717) is 5.13 Å².